The maximum atomic E-state index is 11.0. The predicted molar refractivity (Wildman–Crippen MR) is 76.3 cm³/mol. The van der Waals surface area contributed by atoms with Crippen LogP contribution in [0.25, 0.3) is 0 Å². The first-order chi connectivity index (χ1) is 9.63. The summed E-state index contributed by atoms with van der Waals surface area (Å²) < 4.78 is 10.8. The minimum absolute atomic E-state index is 0.0328. The molecule has 2 rings (SSSR count). The molecule has 1 aliphatic rings. The molecule has 0 aromatic heterocycles. The zero-order valence-electron chi connectivity index (χ0n) is 11.8. The maximum Gasteiger partial charge on any atom is 0.275 e. The van der Waals surface area contributed by atoms with Crippen molar-refractivity contribution >= 4 is 11.4 Å². The molecule has 1 aromatic carbocycles. The lowest BCUT2D eigenvalue weighted by molar-refractivity contribution is -0.384. The Bertz CT molecular complexity index is 478. The van der Waals surface area contributed by atoms with E-state index in [9.17, 15) is 10.1 Å². The van der Waals surface area contributed by atoms with Crippen LogP contribution in [-0.4, -0.2) is 30.8 Å². The van der Waals surface area contributed by atoms with Crippen LogP contribution in [0.15, 0.2) is 18.2 Å². The fourth-order valence-electron chi connectivity index (χ4n) is 2.61. The van der Waals surface area contributed by atoms with E-state index in [4.69, 9.17) is 9.47 Å². The molecule has 0 heterocycles. The molecule has 1 aliphatic carbocycles. The number of benzene rings is 1. The van der Waals surface area contributed by atoms with Crippen molar-refractivity contribution in [1.82, 2.24) is 0 Å². The molecule has 2 unspecified atom stereocenters. The van der Waals surface area contributed by atoms with Gasteiger partial charge in [0.15, 0.2) is 0 Å². The van der Waals surface area contributed by atoms with Crippen molar-refractivity contribution in [2.75, 3.05) is 19.0 Å². The normalized spacial score (nSPS) is 21.7. The lowest BCUT2D eigenvalue weighted by Crippen LogP contribution is -2.29. The van der Waals surface area contributed by atoms with Gasteiger partial charge in [-0.3, -0.25) is 10.1 Å². The van der Waals surface area contributed by atoms with Crippen molar-refractivity contribution in [2.24, 2.45) is 0 Å². The number of hydrogen-bond donors (Lipinski definition) is 1. The number of hydrogen-bond acceptors (Lipinski definition) is 5. The molecule has 6 heteroatoms. The Hall–Kier alpha value is -1.82. The quantitative estimate of drug-likeness (QED) is 0.640. The fraction of sp³-hybridized carbons (Fsp3) is 0.571. The van der Waals surface area contributed by atoms with Gasteiger partial charge >= 0.3 is 0 Å². The number of ether oxygens (including phenoxy) is 2. The summed E-state index contributed by atoms with van der Waals surface area (Å²) in [6.07, 6.45) is 3.28. The summed E-state index contributed by atoms with van der Waals surface area (Å²) in [5, 5.41) is 14.3. The van der Waals surface area contributed by atoms with Crippen molar-refractivity contribution in [1.29, 1.82) is 0 Å². The molecular weight excluding hydrogens is 260 g/mol. The minimum Gasteiger partial charge on any atom is -0.494 e. The molecule has 1 aromatic rings. The Balaban J connectivity index is 2.19. The highest BCUT2D eigenvalue weighted by Crippen LogP contribution is 2.30. The molecule has 0 spiro atoms. The third-order valence-corrected chi connectivity index (χ3v) is 3.52. The van der Waals surface area contributed by atoms with Crippen LogP contribution in [0.3, 0.4) is 0 Å². The van der Waals surface area contributed by atoms with E-state index < -0.39 is 4.92 Å². The number of methoxy groups -OCH3 is 1. The summed E-state index contributed by atoms with van der Waals surface area (Å²) in [6, 6.07) is 4.96. The molecule has 2 atom stereocenters. The van der Waals surface area contributed by atoms with Crippen molar-refractivity contribution < 1.29 is 14.4 Å². The van der Waals surface area contributed by atoms with Crippen LogP contribution >= 0.6 is 0 Å². The molecule has 110 valence electrons. The van der Waals surface area contributed by atoms with Gasteiger partial charge in [0.05, 0.1) is 29.7 Å². The summed E-state index contributed by atoms with van der Waals surface area (Å²) in [5.74, 6) is 0.510. The number of nitrogens with zero attached hydrogens (tertiary/aromatic N) is 1. The average molecular weight is 280 g/mol. The van der Waals surface area contributed by atoms with E-state index in [1.54, 1.807) is 13.2 Å². The van der Waals surface area contributed by atoms with Gasteiger partial charge in [-0.15, -0.1) is 0 Å². The van der Waals surface area contributed by atoms with E-state index in [2.05, 4.69) is 5.32 Å². The van der Waals surface area contributed by atoms with Gasteiger partial charge in [0.1, 0.15) is 5.75 Å². The monoisotopic (exact) mass is 280 g/mol. The Labute approximate surface area is 118 Å². The first kappa shape index (κ1) is 14.6. The first-order valence-electron chi connectivity index (χ1n) is 6.85. The predicted octanol–water partition coefficient (Wildman–Crippen LogP) is 2.97. The Morgan fingerprint density at radius 2 is 2.20 bits per heavy atom. The standard InChI is InChI=1S/C14H20N2O4/c1-3-20-12-8-10(7-11(9-12)16(17)18)15-13-5-4-6-14(13)19-2/h7-9,13-15H,3-6H2,1-2H3. The lowest BCUT2D eigenvalue weighted by atomic mass is 10.2. The SMILES string of the molecule is CCOc1cc(NC2CCCC2OC)cc([N+](=O)[O-])c1. The van der Waals surface area contributed by atoms with Crippen LogP contribution in [0.4, 0.5) is 11.4 Å². The minimum atomic E-state index is -0.407. The molecular formula is C14H20N2O4. The molecule has 20 heavy (non-hydrogen) atoms. The highest BCUT2D eigenvalue weighted by atomic mass is 16.6. The number of anilines is 1. The largest absolute Gasteiger partial charge is 0.494 e. The second kappa shape index (κ2) is 6.56. The zero-order valence-corrected chi connectivity index (χ0v) is 11.8. The third-order valence-electron chi connectivity index (χ3n) is 3.52. The Kier molecular flexibility index (Phi) is 4.79. The van der Waals surface area contributed by atoms with E-state index in [0.717, 1.165) is 19.3 Å². The van der Waals surface area contributed by atoms with E-state index >= 15 is 0 Å². The van der Waals surface area contributed by atoms with Crippen molar-refractivity contribution in [3.8, 4) is 5.75 Å². The smallest absolute Gasteiger partial charge is 0.275 e. The van der Waals surface area contributed by atoms with Crippen LogP contribution < -0.4 is 10.1 Å². The Morgan fingerprint density at radius 3 is 2.85 bits per heavy atom. The summed E-state index contributed by atoms with van der Waals surface area (Å²) in [6.45, 7) is 2.33. The highest BCUT2D eigenvalue weighted by molar-refractivity contribution is 5.57. The van der Waals surface area contributed by atoms with Crippen LogP contribution in [-0.2, 0) is 4.74 Å². The van der Waals surface area contributed by atoms with Gasteiger partial charge in [0, 0.05) is 24.9 Å². The molecule has 0 aliphatic heterocycles. The van der Waals surface area contributed by atoms with Crippen molar-refractivity contribution in [3.05, 3.63) is 28.3 Å². The molecule has 6 nitrogen and oxygen atoms in total. The fourth-order valence-corrected chi connectivity index (χ4v) is 2.61. The van der Waals surface area contributed by atoms with Gasteiger partial charge in [0.2, 0.25) is 0 Å². The molecule has 0 amide bonds. The number of nitrogens with one attached hydrogen (secondary N) is 1. The highest BCUT2D eigenvalue weighted by Gasteiger charge is 2.27. The molecule has 0 saturated heterocycles. The second-order valence-electron chi connectivity index (χ2n) is 4.86. The zero-order chi connectivity index (χ0) is 14.5. The van der Waals surface area contributed by atoms with E-state index in [1.807, 2.05) is 6.92 Å². The number of rotatable bonds is 6. The molecule has 1 saturated carbocycles. The summed E-state index contributed by atoms with van der Waals surface area (Å²) >= 11 is 0. The van der Waals surface area contributed by atoms with E-state index in [-0.39, 0.29) is 17.8 Å². The third kappa shape index (κ3) is 3.39. The number of nitro groups is 1. The lowest BCUT2D eigenvalue weighted by Gasteiger charge is -2.21. The van der Waals surface area contributed by atoms with Gasteiger partial charge in [0.25, 0.3) is 5.69 Å². The molecule has 0 radical (unpaired) electrons. The topological polar surface area (TPSA) is 73.6 Å². The molecule has 1 N–H and O–H groups in total. The van der Waals surface area contributed by atoms with Gasteiger partial charge in [-0.25, -0.2) is 0 Å². The number of non-ortho nitro benzene ring substituents is 1. The van der Waals surface area contributed by atoms with E-state index in [0.29, 0.717) is 18.0 Å². The van der Waals surface area contributed by atoms with Gasteiger partial charge in [-0.05, 0) is 26.2 Å². The van der Waals surface area contributed by atoms with Gasteiger partial charge in [-0.1, -0.05) is 0 Å². The van der Waals surface area contributed by atoms with Crippen LogP contribution in [0, 0.1) is 10.1 Å². The van der Waals surface area contributed by atoms with Gasteiger partial charge < -0.3 is 14.8 Å². The maximum absolute atomic E-state index is 11.0. The van der Waals surface area contributed by atoms with Crippen molar-refractivity contribution in [3.63, 3.8) is 0 Å². The van der Waals surface area contributed by atoms with Crippen molar-refractivity contribution in [2.45, 2.75) is 38.3 Å². The number of nitro benzene ring substituents is 1. The van der Waals surface area contributed by atoms with Crippen LogP contribution in [0.5, 0.6) is 5.75 Å². The molecule has 1 fully saturated rings. The Morgan fingerprint density at radius 1 is 1.40 bits per heavy atom. The van der Waals surface area contributed by atoms with Gasteiger partial charge in [-0.2, -0.15) is 0 Å². The van der Waals surface area contributed by atoms with Crippen LogP contribution in [0.1, 0.15) is 26.2 Å². The second-order valence-corrected chi connectivity index (χ2v) is 4.86. The summed E-state index contributed by atoms with van der Waals surface area (Å²) in [5.41, 5.74) is 0.738. The van der Waals surface area contributed by atoms with Crippen LogP contribution in [0.2, 0.25) is 0 Å². The first-order valence-corrected chi connectivity index (χ1v) is 6.85. The van der Waals surface area contributed by atoms with E-state index in [1.165, 1.54) is 12.1 Å². The molecule has 0 bridgehead atoms. The summed E-state index contributed by atoms with van der Waals surface area (Å²) in [4.78, 5) is 10.6. The average Bonchev–Trinajstić information content (AvgIpc) is 2.86. The summed E-state index contributed by atoms with van der Waals surface area (Å²) in [7, 11) is 1.70.